The van der Waals surface area contributed by atoms with Crippen molar-refractivity contribution in [3.63, 3.8) is 0 Å². The van der Waals surface area contributed by atoms with Gasteiger partial charge in [0.1, 0.15) is 5.03 Å². The zero-order chi connectivity index (χ0) is 14.0. The van der Waals surface area contributed by atoms with E-state index in [1.54, 1.807) is 6.20 Å². The third-order valence-corrected chi connectivity index (χ3v) is 4.13. The molecular formula is C11H15ClN4O2S. The number of aromatic nitrogens is 2. The molecule has 1 atom stereocenters. The Kier molecular flexibility index (Phi) is 4.36. The van der Waals surface area contributed by atoms with Crippen LogP contribution >= 0.6 is 23.4 Å². The third kappa shape index (κ3) is 3.03. The molecule has 2 heterocycles. The van der Waals surface area contributed by atoms with Gasteiger partial charge in [0.05, 0.1) is 11.2 Å². The van der Waals surface area contributed by atoms with Crippen LogP contribution in [-0.4, -0.2) is 58.0 Å². The minimum Gasteiger partial charge on any atom is -0.465 e. The number of carbonyl (C=O) groups is 1. The summed E-state index contributed by atoms with van der Waals surface area (Å²) >= 11 is 7.45. The molecule has 0 radical (unpaired) electrons. The quantitative estimate of drug-likeness (QED) is 0.666. The highest BCUT2D eigenvalue weighted by molar-refractivity contribution is 7.98. The predicted octanol–water partition coefficient (Wildman–Crippen LogP) is 2.04. The van der Waals surface area contributed by atoms with Crippen molar-refractivity contribution < 1.29 is 9.90 Å². The van der Waals surface area contributed by atoms with Crippen molar-refractivity contribution in [1.82, 2.24) is 14.9 Å². The van der Waals surface area contributed by atoms with Crippen LogP contribution in [0.25, 0.3) is 0 Å². The fourth-order valence-corrected chi connectivity index (χ4v) is 2.80. The van der Waals surface area contributed by atoms with Gasteiger partial charge in [-0.25, -0.2) is 14.8 Å². The smallest absolute Gasteiger partial charge is 0.407 e. The first kappa shape index (κ1) is 14.2. The van der Waals surface area contributed by atoms with Crippen LogP contribution in [0.15, 0.2) is 11.2 Å². The molecule has 0 spiro atoms. The standard InChI is InChI=1S/C11H15ClN4O2S/c1-7-6-15(11(17)18)3-4-16(7)10-13-5-8(12)9(14-10)19-2/h5,7H,3-4,6H2,1-2H3,(H,17,18). The average molecular weight is 303 g/mol. The van der Waals surface area contributed by atoms with Gasteiger partial charge in [0, 0.05) is 25.7 Å². The monoisotopic (exact) mass is 302 g/mol. The number of anilines is 1. The van der Waals surface area contributed by atoms with Gasteiger partial charge < -0.3 is 14.9 Å². The molecule has 1 unspecified atom stereocenters. The summed E-state index contributed by atoms with van der Waals surface area (Å²) in [6.07, 6.45) is 2.61. The lowest BCUT2D eigenvalue weighted by Gasteiger charge is -2.38. The lowest BCUT2D eigenvalue weighted by molar-refractivity contribution is 0.136. The van der Waals surface area contributed by atoms with E-state index >= 15 is 0 Å². The molecule has 1 aromatic rings. The molecule has 2 rings (SSSR count). The molecule has 104 valence electrons. The predicted molar refractivity (Wildman–Crippen MR) is 75.2 cm³/mol. The number of nitrogens with zero attached hydrogens (tertiary/aromatic N) is 4. The molecule has 1 aromatic heterocycles. The number of piperazine rings is 1. The molecule has 6 nitrogen and oxygen atoms in total. The highest BCUT2D eigenvalue weighted by atomic mass is 35.5. The van der Waals surface area contributed by atoms with Crippen molar-refractivity contribution in [2.24, 2.45) is 0 Å². The first-order valence-corrected chi connectivity index (χ1v) is 7.44. The maximum atomic E-state index is 10.9. The summed E-state index contributed by atoms with van der Waals surface area (Å²) in [5.74, 6) is 0.603. The zero-order valence-corrected chi connectivity index (χ0v) is 12.3. The van der Waals surface area contributed by atoms with Crippen LogP contribution in [0.2, 0.25) is 5.02 Å². The summed E-state index contributed by atoms with van der Waals surface area (Å²) in [5.41, 5.74) is 0. The minimum atomic E-state index is -0.881. The van der Waals surface area contributed by atoms with Gasteiger partial charge >= 0.3 is 6.09 Å². The van der Waals surface area contributed by atoms with Crippen LogP contribution in [0, 0.1) is 0 Å². The molecule has 1 saturated heterocycles. The van der Waals surface area contributed by atoms with E-state index in [2.05, 4.69) is 9.97 Å². The van der Waals surface area contributed by atoms with E-state index in [1.807, 2.05) is 18.1 Å². The minimum absolute atomic E-state index is 0.0423. The second-order valence-corrected chi connectivity index (χ2v) is 5.50. The van der Waals surface area contributed by atoms with Gasteiger partial charge in [-0.2, -0.15) is 0 Å². The topological polar surface area (TPSA) is 69.6 Å². The Bertz CT molecular complexity index is 488. The molecule has 1 aliphatic rings. The summed E-state index contributed by atoms with van der Waals surface area (Å²) in [4.78, 5) is 23.0. The molecule has 8 heteroatoms. The molecular weight excluding hydrogens is 288 g/mol. The van der Waals surface area contributed by atoms with Crippen molar-refractivity contribution in [1.29, 1.82) is 0 Å². The maximum Gasteiger partial charge on any atom is 0.407 e. The van der Waals surface area contributed by atoms with Crippen molar-refractivity contribution in [2.75, 3.05) is 30.8 Å². The molecule has 19 heavy (non-hydrogen) atoms. The van der Waals surface area contributed by atoms with Crippen LogP contribution in [0.5, 0.6) is 0 Å². The number of rotatable bonds is 2. The van der Waals surface area contributed by atoms with Gasteiger partial charge in [-0.1, -0.05) is 11.6 Å². The normalized spacial score (nSPS) is 19.6. The van der Waals surface area contributed by atoms with Crippen molar-refractivity contribution in [3.05, 3.63) is 11.2 Å². The number of hydrogen-bond donors (Lipinski definition) is 1. The van der Waals surface area contributed by atoms with Gasteiger partial charge in [-0.05, 0) is 13.2 Å². The molecule has 0 bridgehead atoms. The van der Waals surface area contributed by atoms with Gasteiger partial charge in [-0.3, -0.25) is 0 Å². The first-order chi connectivity index (χ1) is 9.02. The number of carboxylic acid groups (broad SMARTS) is 1. The van der Waals surface area contributed by atoms with E-state index < -0.39 is 6.09 Å². The average Bonchev–Trinajstić information content (AvgIpc) is 2.39. The number of thioether (sulfide) groups is 1. The summed E-state index contributed by atoms with van der Waals surface area (Å²) in [6.45, 7) is 3.46. The van der Waals surface area contributed by atoms with Gasteiger partial charge in [0.25, 0.3) is 0 Å². The lowest BCUT2D eigenvalue weighted by atomic mass is 10.2. The van der Waals surface area contributed by atoms with E-state index in [0.717, 1.165) is 5.03 Å². The Morgan fingerprint density at radius 2 is 2.32 bits per heavy atom. The first-order valence-electron chi connectivity index (χ1n) is 5.84. The summed E-state index contributed by atoms with van der Waals surface area (Å²) < 4.78 is 0. The molecule has 0 aromatic carbocycles. The molecule has 0 saturated carbocycles. The molecule has 0 aliphatic carbocycles. The molecule has 1 amide bonds. The Morgan fingerprint density at radius 1 is 1.58 bits per heavy atom. The number of halogens is 1. The van der Waals surface area contributed by atoms with Crippen LogP contribution in [0.3, 0.4) is 0 Å². The summed E-state index contributed by atoms with van der Waals surface area (Å²) in [6, 6.07) is 0.0423. The van der Waals surface area contributed by atoms with Crippen LogP contribution in [0.4, 0.5) is 10.7 Å². The van der Waals surface area contributed by atoms with Crippen molar-refractivity contribution in [2.45, 2.75) is 18.0 Å². The third-order valence-electron chi connectivity index (χ3n) is 3.05. The lowest BCUT2D eigenvalue weighted by Crippen LogP contribution is -2.54. The van der Waals surface area contributed by atoms with Gasteiger partial charge in [0.2, 0.25) is 5.95 Å². The Balaban J connectivity index is 2.17. The van der Waals surface area contributed by atoms with Crippen LogP contribution in [-0.2, 0) is 0 Å². The van der Waals surface area contributed by atoms with Crippen molar-refractivity contribution in [3.8, 4) is 0 Å². The SMILES string of the molecule is CSc1nc(N2CCN(C(=O)O)CC2C)ncc1Cl. The van der Waals surface area contributed by atoms with Gasteiger partial charge in [-0.15, -0.1) is 11.8 Å². The van der Waals surface area contributed by atoms with E-state index in [1.165, 1.54) is 16.7 Å². The highest BCUT2D eigenvalue weighted by Crippen LogP contribution is 2.25. The number of hydrogen-bond acceptors (Lipinski definition) is 5. The van der Waals surface area contributed by atoms with E-state index in [9.17, 15) is 4.79 Å². The van der Waals surface area contributed by atoms with Crippen LogP contribution in [0.1, 0.15) is 6.92 Å². The second kappa shape index (κ2) is 5.83. The summed E-state index contributed by atoms with van der Waals surface area (Å²) in [5, 5.41) is 10.3. The highest BCUT2D eigenvalue weighted by Gasteiger charge is 2.28. The molecule has 1 aliphatic heterocycles. The molecule has 1 N–H and O–H groups in total. The fourth-order valence-electron chi connectivity index (χ4n) is 2.05. The fraction of sp³-hybridized carbons (Fsp3) is 0.545. The Hall–Kier alpha value is -1.21. The van der Waals surface area contributed by atoms with E-state index in [4.69, 9.17) is 16.7 Å². The van der Waals surface area contributed by atoms with Gasteiger partial charge in [0.15, 0.2) is 0 Å². The Labute approximate surface area is 120 Å². The van der Waals surface area contributed by atoms with Crippen molar-refractivity contribution >= 4 is 35.4 Å². The van der Waals surface area contributed by atoms with Crippen LogP contribution < -0.4 is 4.90 Å². The molecule has 1 fully saturated rings. The second-order valence-electron chi connectivity index (χ2n) is 4.30. The Morgan fingerprint density at radius 3 is 2.89 bits per heavy atom. The van der Waals surface area contributed by atoms with E-state index in [0.29, 0.717) is 30.6 Å². The summed E-state index contributed by atoms with van der Waals surface area (Å²) in [7, 11) is 0. The zero-order valence-electron chi connectivity index (χ0n) is 10.7. The maximum absolute atomic E-state index is 10.9. The number of amides is 1. The largest absolute Gasteiger partial charge is 0.465 e. The van der Waals surface area contributed by atoms with E-state index in [-0.39, 0.29) is 6.04 Å².